The predicted molar refractivity (Wildman–Crippen MR) is 98.0 cm³/mol. The van der Waals surface area contributed by atoms with E-state index in [1.54, 1.807) is 24.3 Å². The first-order valence-electron chi connectivity index (χ1n) is 8.36. The quantitative estimate of drug-likeness (QED) is 0.636. The third kappa shape index (κ3) is 3.85. The summed E-state index contributed by atoms with van der Waals surface area (Å²) in [6, 6.07) is 14.3. The van der Waals surface area contributed by atoms with Gasteiger partial charge in [0.15, 0.2) is 0 Å². The van der Waals surface area contributed by atoms with E-state index < -0.39 is 5.41 Å². The lowest BCUT2D eigenvalue weighted by Crippen LogP contribution is -2.36. The highest BCUT2D eigenvalue weighted by Crippen LogP contribution is 2.42. The van der Waals surface area contributed by atoms with E-state index in [2.05, 4.69) is 5.32 Å². The Hall–Kier alpha value is -2.33. The number of carbonyl (C=O) groups is 2. The smallest absolute Gasteiger partial charge is 0.321 e. The maximum absolute atomic E-state index is 13.0. The van der Waals surface area contributed by atoms with Crippen LogP contribution in [0.4, 0.5) is 5.69 Å². The van der Waals surface area contributed by atoms with Crippen LogP contribution in [0.25, 0.3) is 0 Å². The third-order valence-electron chi connectivity index (χ3n) is 4.63. The molecule has 4 nitrogen and oxygen atoms in total. The van der Waals surface area contributed by atoms with Gasteiger partial charge in [-0.25, -0.2) is 0 Å². The number of nitrogens with one attached hydrogen (secondary N) is 1. The summed E-state index contributed by atoms with van der Waals surface area (Å²) in [5.41, 5.74) is 1.01. The van der Waals surface area contributed by atoms with Gasteiger partial charge in [-0.3, -0.25) is 9.59 Å². The lowest BCUT2D eigenvalue weighted by Gasteiger charge is -2.27. The van der Waals surface area contributed by atoms with Crippen LogP contribution >= 0.6 is 11.6 Å². The Labute approximate surface area is 152 Å². The van der Waals surface area contributed by atoms with Crippen molar-refractivity contribution in [2.45, 2.75) is 38.0 Å². The fourth-order valence-corrected chi connectivity index (χ4v) is 3.50. The molecule has 0 bridgehead atoms. The molecule has 1 aliphatic rings. The van der Waals surface area contributed by atoms with Gasteiger partial charge in [-0.1, -0.05) is 36.6 Å². The number of amides is 1. The van der Waals surface area contributed by atoms with Crippen LogP contribution < -0.4 is 10.1 Å². The molecule has 1 amide bonds. The van der Waals surface area contributed by atoms with Crippen LogP contribution in [0.5, 0.6) is 5.75 Å². The molecule has 0 saturated heterocycles. The molecule has 0 aromatic heterocycles. The maximum atomic E-state index is 13.0. The molecule has 3 rings (SSSR count). The molecule has 0 unspecified atom stereocenters. The zero-order valence-corrected chi connectivity index (χ0v) is 14.8. The minimum Gasteiger partial charge on any atom is -0.426 e. The van der Waals surface area contributed by atoms with Gasteiger partial charge in [0.2, 0.25) is 5.91 Å². The number of hydrogen-bond donors (Lipinski definition) is 1. The van der Waals surface area contributed by atoms with Crippen LogP contribution in [0.3, 0.4) is 0 Å². The van der Waals surface area contributed by atoms with Gasteiger partial charge in [0.05, 0.1) is 5.41 Å². The zero-order valence-electron chi connectivity index (χ0n) is 14.0. The van der Waals surface area contributed by atoms with Crippen molar-refractivity contribution in [3.8, 4) is 5.75 Å². The van der Waals surface area contributed by atoms with E-state index in [9.17, 15) is 9.59 Å². The minimum atomic E-state index is -0.610. The highest BCUT2D eigenvalue weighted by Gasteiger charge is 2.44. The molecular weight excluding hydrogens is 338 g/mol. The van der Waals surface area contributed by atoms with Crippen LogP contribution in [-0.2, 0) is 15.0 Å². The molecule has 2 aromatic carbocycles. The molecule has 0 heterocycles. The van der Waals surface area contributed by atoms with E-state index >= 15 is 0 Å². The van der Waals surface area contributed by atoms with Crippen molar-refractivity contribution in [2.24, 2.45) is 0 Å². The maximum Gasteiger partial charge on any atom is 0.321 e. The van der Waals surface area contributed by atoms with Crippen molar-refractivity contribution in [3.05, 3.63) is 59.1 Å². The number of halogens is 1. The first-order valence-corrected chi connectivity index (χ1v) is 8.73. The van der Waals surface area contributed by atoms with Gasteiger partial charge < -0.3 is 10.1 Å². The molecule has 130 valence electrons. The van der Waals surface area contributed by atoms with Crippen LogP contribution in [0, 0.1) is 0 Å². The average Bonchev–Trinajstić information content (AvgIpc) is 3.08. The van der Waals surface area contributed by atoms with Crippen molar-refractivity contribution in [2.75, 3.05) is 5.32 Å². The highest BCUT2D eigenvalue weighted by atomic mass is 35.5. The van der Waals surface area contributed by atoms with E-state index in [0.717, 1.165) is 31.2 Å². The Balaban J connectivity index is 1.79. The predicted octanol–water partition coefficient (Wildman–Crippen LogP) is 4.72. The van der Waals surface area contributed by atoms with E-state index in [0.29, 0.717) is 16.5 Å². The minimum absolute atomic E-state index is 0.141. The molecule has 0 atom stereocenters. The number of ether oxygens (including phenoxy) is 1. The van der Waals surface area contributed by atoms with Crippen molar-refractivity contribution < 1.29 is 14.3 Å². The van der Waals surface area contributed by atoms with Crippen LogP contribution in [0.2, 0.25) is 5.02 Å². The van der Waals surface area contributed by atoms with Gasteiger partial charge in [0.1, 0.15) is 5.75 Å². The molecule has 0 radical (unpaired) electrons. The number of rotatable bonds is 4. The van der Waals surface area contributed by atoms with E-state index in [4.69, 9.17) is 16.3 Å². The molecule has 5 heteroatoms. The summed E-state index contributed by atoms with van der Waals surface area (Å²) in [5.74, 6) is 0.0938. The van der Waals surface area contributed by atoms with Crippen molar-refractivity contribution in [1.82, 2.24) is 0 Å². The van der Waals surface area contributed by atoms with Crippen LogP contribution in [-0.4, -0.2) is 11.9 Å². The lowest BCUT2D eigenvalue weighted by atomic mass is 9.79. The normalized spacial score (nSPS) is 15.6. The number of hydrogen-bond acceptors (Lipinski definition) is 3. The SMILES string of the molecule is CC(=O)Nc1ccc(OC(=O)C2(c3ccc(Cl)cc3)CCCC2)cc1. The topological polar surface area (TPSA) is 55.4 Å². The van der Waals surface area contributed by atoms with Crippen molar-refractivity contribution in [3.63, 3.8) is 0 Å². The Kier molecular flexibility index (Phi) is 5.09. The second kappa shape index (κ2) is 7.28. The average molecular weight is 358 g/mol. The van der Waals surface area contributed by atoms with Gasteiger partial charge in [0, 0.05) is 17.6 Å². The number of benzene rings is 2. The fraction of sp³-hybridized carbons (Fsp3) is 0.300. The Bertz CT molecular complexity index is 763. The number of esters is 1. The first-order chi connectivity index (χ1) is 12.0. The van der Waals surface area contributed by atoms with Crippen molar-refractivity contribution in [1.29, 1.82) is 0 Å². The third-order valence-corrected chi connectivity index (χ3v) is 4.88. The first kappa shape index (κ1) is 17.5. The van der Waals surface area contributed by atoms with E-state index in [-0.39, 0.29) is 11.9 Å². The summed E-state index contributed by atoms with van der Waals surface area (Å²) in [5, 5.41) is 3.34. The molecule has 0 aliphatic heterocycles. The van der Waals surface area contributed by atoms with Gasteiger partial charge in [0.25, 0.3) is 0 Å². The summed E-state index contributed by atoms with van der Waals surface area (Å²) in [6.07, 6.45) is 3.55. The summed E-state index contributed by atoms with van der Waals surface area (Å²) >= 11 is 5.98. The molecule has 0 spiro atoms. The summed E-state index contributed by atoms with van der Waals surface area (Å²) in [7, 11) is 0. The monoisotopic (exact) mass is 357 g/mol. The molecular formula is C20H20ClNO3. The zero-order chi connectivity index (χ0) is 17.9. The second-order valence-electron chi connectivity index (χ2n) is 6.39. The van der Waals surface area contributed by atoms with E-state index in [1.807, 2.05) is 24.3 Å². The molecule has 2 aromatic rings. The highest BCUT2D eigenvalue weighted by molar-refractivity contribution is 6.30. The van der Waals surface area contributed by atoms with E-state index in [1.165, 1.54) is 6.92 Å². The Morgan fingerprint density at radius 3 is 2.16 bits per heavy atom. The molecule has 1 N–H and O–H groups in total. The second-order valence-corrected chi connectivity index (χ2v) is 6.83. The van der Waals surface area contributed by atoms with Gasteiger partial charge in [-0.15, -0.1) is 0 Å². The Morgan fingerprint density at radius 1 is 1.00 bits per heavy atom. The molecule has 1 fully saturated rings. The molecule has 25 heavy (non-hydrogen) atoms. The van der Waals surface area contributed by atoms with Gasteiger partial charge >= 0.3 is 5.97 Å². The van der Waals surface area contributed by atoms with Crippen LogP contribution in [0.1, 0.15) is 38.2 Å². The molecule has 1 aliphatic carbocycles. The van der Waals surface area contributed by atoms with Crippen molar-refractivity contribution >= 4 is 29.2 Å². The largest absolute Gasteiger partial charge is 0.426 e. The standard InChI is InChI=1S/C20H20ClNO3/c1-14(23)22-17-8-10-18(11-9-17)25-19(24)20(12-2-3-13-20)15-4-6-16(21)7-5-15/h4-11H,2-3,12-13H2,1H3,(H,22,23). The number of anilines is 1. The summed E-state index contributed by atoms with van der Waals surface area (Å²) in [6.45, 7) is 1.45. The van der Waals surface area contributed by atoms with Gasteiger partial charge in [-0.2, -0.15) is 0 Å². The van der Waals surface area contributed by atoms with Gasteiger partial charge in [-0.05, 0) is 54.8 Å². The molecule has 1 saturated carbocycles. The van der Waals surface area contributed by atoms with Crippen LogP contribution in [0.15, 0.2) is 48.5 Å². The number of carbonyl (C=O) groups excluding carboxylic acids is 2. The fourth-order valence-electron chi connectivity index (χ4n) is 3.37. The lowest BCUT2D eigenvalue weighted by molar-refractivity contribution is -0.140. The Morgan fingerprint density at radius 2 is 1.60 bits per heavy atom. The summed E-state index contributed by atoms with van der Waals surface area (Å²) in [4.78, 5) is 24.0. The summed E-state index contributed by atoms with van der Waals surface area (Å²) < 4.78 is 5.66.